The highest BCUT2D eigenvalue weighted by Gasteiger charge is 2.12. The van der Waals surface area contributed by atoms with Crippen LogP contribution < -0.4 is 0 Å². The molecule has 4 aromatic heterocycles. The van der Waals surface area contributed by atoms with E-state index in [1.54, 1.807) is 30.5 Å². The van der Waals surface area contributed by atoms with E-state index in [0.717, 1.165) is 39.5 Å². The Kier molecular flexibility index (Phi) is 5.17. The third-order valence-corrected chi connectivity index (χ3v) is 5.60. The van der Waals surface area contributed by atoms with Crippen LogP contribution in [0, 0.1) is 0 Å². The summed E-state index contributed by atoms with van der Waals surface area (Å²) in [6.45, 7) is 0. The average Bonchev–Trinajstić information content (AvgIpc) is 3.46. The van der Waals surface area contributed by atoms with E-state index in [9.17, 15) is 0 Å². The number of benzene rings is 1. The van der Waals surface area contributed by atoms with E-state index in [2.05, 4.69) is 30.2 Å². The molecule has 0 aliphatic carbocycles. The zero-order valence-electron chi connectivity index (χ0n) is 15.9. The first-order valence-corrected chi connectivity index (χ1v) is 10.5. The smallest absolute Gasteiger partial charge is 0.226 e. The lowest BCUT2D eigenvalue weighted by Crippen LogP contribution is -1.97. The second-order valence-corrected chi connectivity index (χ2v) is 7.59. The molecule has 0 atom stereocenters. The minimum Gasteiger partial charge on any atom is -0.339 e. The van der Waals surface area contributed by atoms with Gasteiger partial charge in [-0.1, -0.05) is 23.4 Å². The molecule has 5 aromatic rings. The van der Waals surface area contributed by atoms with E-state index >= 15 is 0 Å². The van der Waals surface area contributed by atoms with Crippen LogP contribution in [0.5, 0.6) is 0 Å². The fraction of sp³-hybridized carbons (Fsp3) is 0.143. The molecule has 0 radical (unpaired) electrons. The summed E-state index contributed by atoms with van der Waals surface area (Å²) in [5.41, 5.74) is 2.68. The van der Waals surface area contributed by atoms with Crippen molar-refractivity contribution in [3.63, 3.8) is 0 Å². The molecule has 0 spiro atoms. The Bertz CT molecular complexity index is 1250. The summed E-state index contributed by atoms with van der Waals surface area (Å²) in [7, 11) is 0. The molecule has 8 nitrogen and oxygen atoms in total. The fourth-order valence-electron chi connectivity index (χ4n) is 3.06. The van der Waals surface area contributed by atoms with Crippen molar-refractivity contribution in [3.8, 4) is 17.1 Å². The normalized spacial score (nSPS) is 11.2. The summed E-state index contributed by atoms with van der Waals surface area (Å²) < 4.78 is 7.20. The van der Waals surface area contributed by atoms with Crippen LogP contribution in [-0.4, -0.2) is 40.6 Å². The van der Waals surface area contributed by atoms with Gasteiger partial charge in [0.2, 0.25) is 11.7 Å². The van der Waals surface area contributed by atoms with Crippen LogP contribution in [0.1, 0.15) is 12.3 Å². The van der Waals surface area contributed by atoms with Gasteiger partial charge in [-0.2, -0.15) is 10.1 Å². The maximum absolute atomic E-state index is 5.36. The topological polar surface area (TPSA) is 95.4 Å². The van der Waals surface area contributed by atoms with Crippen molar-refractivity contribution < 1.29 is 4.52 Å². The SMILES string of the molecule is c1ccc(-n2ncc3c(SCCCc4nc(-c5ccncc5)no4)ncnc32)cc1. The number of hydrogen-bond acceptors (Lipinski definition) is 8. The van der Waals surface area contributed by atoms with Gasteiger partial charge in [0.05, 0.1) is 17.3 Å². The van der Waals surface area contributed by atoms with Crippen LogP contribution in [0.4, 0.5) is 0 Å². The van der Waals surface area contributed by atoms with Crippen molar-refractivity contribution in [2.45, 2.75) is 17.9 Å². The second kappa shape index (κ2) is 8.42. The van der Waals surface area contributed by atoms with Crippen LogP contribution >= 0.6 is 11.8 Å². The van der Waals surface area contributed by atoms with Crippen LogP contribution in [-0.2, 0) is 6.42 Å². The molecular formula is C21H17N7OS. The third-order valence-electron chi connectivity index (χ3n) is 4.51. The van der Waals surface area contributed by atoms with Gasteiger partial charge in [-0.25, -0.2) is 14.6 Å². The molecule has 5 rings (SSSR count). The zero-order valence-corrected chi connectivity index (χ0v) is 16.7. The number of thioether (sulfide) groups is 1. The van der Waals surface area contributed by atoms with E-state index in [1.807, 2.05) is 53.3 Å². The average molecular weight is 415 g/mol. The number of fused-ring (bicyclic) bond motifs is 1. The molecule has 4 heterocycles. The van der Waals surface area contributed by atoms with Gasteiger partial charge in [0.25, 0.3) is 0 Å². The first-order chi connectivity index (χ1) is 14.9. The molecule has 0 N–H and O–H groups in total. The van der Waals surface area contributed by atoms with Gasteiger partial charge >= 0.3 is 0 Å². The maximum Gasteiger partial charge on any atom is 0.226 e. The number of para-hydroxylation sites is 1. The lowest BCUT2D eigenvalue weighted by molar-refractivity contribution is 0.378. The maximum atomic E-state index is 5.36. The number of aryl methyl sites for hydroxylation is 1. The molecule has 0 saturated heterocycles. The highest BCUT2D eigenvalue weighted by atomic mass is 32.2. The Labute approximate surface area is 176 Å². The third kappa shape index (κ3) is 3.79. The molecule has 0 aliphatic rings. The van der Waals surface area contributed by atoms with Crippen molar-refractivity contribution in [1.82, 2.24) is 34.9 Å². The van der Waals surface area contributed by atoms with E-state index in [0.29, 0.717) is 18.1 Å². The summed E-state index contributed by atoms with van der Waals surface area (Å²) >= 11 is 1.68. The minimum absolute atomic E-state index is 0.589. The predicted octanol–water partition coefficient (Wildman–Crippen LogP) is 3.99. The van der Waals surface area contributed by atoms with Gasteiger partial charge in [0.1, 0.15) is 11.4 Å². The summed E-state index contributed by atoms with van der Waals surface area (Å²) in [5, 5.41) is 10.4. The molecule has 0 bridgehead atoms. The summed E-state index contributed by atoms with van der Waals surface area (Å²) in [5.74, 6) is 2.09. The molecule has 0 unspecified atom stereocenters. The Morgan fingerprint density at radius 2 is 1.87 bits per heavy atom. The van der Waals surface area contributed by atoms with Crippen molar-refractivity contribution in [3.05, 3.63) is 73.3 Å². The minimum atomic E-state index is 0.589. The van der Waals surface area contributed by atoms with Crippen LogP contribution in [0.2, 0.25) is 0 Å². The predicted molar refractivity (Wildman–Crippen MR) is 113 cm³/mol. The standard InChI is InChI=1S/C21H17N7OS/c1-2-5-16(6-3-1)28-20-17(13-25-28)21(24-14-23-20)30-12-4-7-18-26-19(27-29-18)15-8-10-22-11-9-15/h1-3,5-6,8-11,13-14H,4,7,12H2. The highest BCUT2D eigenvalue weighted by Crippen LogP contribution is 2.26. The summed E-state index contributed by atoms with van der Waals surface area (Å²) in [6, 6.07) is 13.7. The van der Waals surface area contributed by atoms with Crippen LogP contribution in [0.15, 0.2) is 76.9 Å². The van der Waals surface area contributed by atoms with Gasteiger partial charge in [-0.3, -0.25) is 4.98 Å². The molecule has 148 valence electrons. The first-order valence-electron chi connectivity index (χ1n) is 9.48. The monoisotopic (exact) mass is 415 g/mol. The number of rotatable bonds is 7. The molecule has 0 aliphatic heterocycles. The highest BCUT2D eigenvalue weighted by molar-refractivity contribution is 7.99. The van der Waals surface area contributed by atoms with E-state index in [-0.39, 0.29) is 0 Å². The molecule has 1 aromatic carbocycles. The molecule has 0 amide bonds. The number of aromatic nitrogens is 7. The molecule has 30 heavy (non-hydrogen) atoms. The van der Waals surface area contributed by atoms with Gasteiger partial charge in [0.15, 0.2) is 5.65 Å². The number of nitrogens with zero attached hydrogens (tertiary/aromatic N) is 7. The fourth-order valence-corrected chi connectivity index (χ4v) is 3.97. The van der Waals surface area contributed by atoms with E-state index in [4.69, 9.17) is 4.52 Å². The Morgan fingerprint density at radius 3 is 2.73 bits per heavy atom. The van der Waals surface area contributed by atoms with Crippen molar-refractivity contribution in [2.75, 3.05) is 5.75 Å². The zero-order chi connectivity index (χ0) is 20.2. The quantitative estimate of drug-likeness (QED) is 0.224. The van der Waals surface area contributed by atoms with Gasteiger partial charge < -0.3 is 4.52 Å². The molecule has 0 fully saturated rings. The van der Waals surface area contributed by atoms with Crippen LogP contribution in [0.3, 0.4) is 0 Å². The van der Waals surface area contributed by atoms with E-state index in [1.165, 1.54) is 0 Å². The summed E-state index contributed by atoms with van der Waals surface area (Å²) in [6.07, 6.45) is 8.44. The Balaban J connectivity index is 1.23. The Morgan fingerprint density at radius 1 is 1.00 bits per heavy atom. The lowest BCUT2D eigenvalue weighted by atomic mass is 10.2. The first kappa shape index (κ1) is 18.4. The van der Waals surface area contributed by atoms with Crippen molar-refractivity contribution in [1.29, 1.82) is 0 Å². The van der Waals surface area contributed by atoms with Gasteiger partial charge in [0, 0.05) is 30.1 Å². The molecule has 9 heteroatoms. The number of hydrogen-bond donors (Lipinski definition) is 0. The van der Waals surface area contributed by atoms with Crippen molar-refractivity contribution >= 4 is 22.8 Å². The Hall–Kier alpha value is -3.59. The van der Waals surface area contributed by atoms with Crippen LogP contribution in [0.25, 0.3) is 28.1 Å². The molecular weight excluding hydrogens is 398 g/mol. The van der Waals surface area contributed by atoms with E-state index < -0.39 is 0 Å². The summed E-state index contributed by atoms with van der Waals surface area (Å²) in [4.78, 5) is 17.3. The lowest BCUT2D eigenvalue weighted by Gasteiger charge is -2.03. The molecule has 0 saturated carbocycles. The number of pyridine rings is 1. The van der Waals surface area contributed by atoms with Gasteiger partial charge in [-0.05, 0) is 30.7 Å². The second-order valence-electron chi connectivity index (χ2n) is 6.51. The van der Waals surface area contributed by atoms with Crippen molar-refractivity contribution in [2.24, 2.45) is 0 Å². The van der Waals surface area contributed by atoms with Gasteiger partial charge in [-0.15, -0.1) is 11.8 Å². The largest absolute Gasteiger partial charge is 0.339 e.